The third-order valence-corrected chi connectivity index (χ3v) is 5.03. The van der Waals surface area contributed by atoms with Crippen LogP contribution in [-0.4, -0.2) is 34.9 Å². The van der Waals surface area contributed by atoms with Crippen LogP contribution in [0.2, 0.25) is 0 Å². The number of pyridine rings is 1. The molecule has 0 saturated carbocycles. The average Bonchev–Trinajstić information content (AvgIpc) is 2.61. The number of carbonyl (C=O) groups is 1. The van der Waals surface area contributed by atoms with Gasteiger partial charge in [0.1, 0.15) is 5.82 Å². The van der Waals surface area contributed by atoms with Crippen molar-refractivity contribution in [1.82, 2.24) is 9.88 Å². The number of aromatic nitrogens is 1. The smallest absolute Gasteiger partial charge is 0.254 e. The van der Waals surface area contributed by atoms with Crippen molar-refractivity contribution in [3.05, 3.63) is 53.5 Å². The van der Waals surface area contributed by atoms with Crippen molar-refractivity contribution in [2.24, 2.45) is 11.7 Å². The lowest BCUT2D eigenvalue weighted by Gasteiger charge is -2.39. The number of nitrogens with two attached hydrogens (primary N) is 1. The molecule has 1 saturated heterocycles. The van der Waals surface area contributed by atoms with Gasteiger partial charge in [-0.15, -0.1) is 0 Å². The Morgan fingerprint density at radius 3 is 2.84 bits per heavy atom. The maximum Gasteiger partial charge on any atom is 0.254 e. The van der Waals surface area contributed by atoms with E-state index in [9.17, 15) is 9.18 Å². The van der Waals surface area contributed by atoms with Gasteiger partial charge in [-0.25, -0.2) is 4.39 Å². The minimum absolute atomic E-state index is 0.0215. The molecule has 1 amide bonds. The van der Waals surface area contributed by atoms with Gasteiger partial charge in [-0.1, -0.05) is 24.6 Å². The number of rotatable bonds is 3. The highest BCUT2D eigenvalue weighted by molar-refractivity contribution is 6.01. The monoisotopic (exact) mass is 341 g/mol. The molecule has 132 valence electrons. The van der Waals surface area contributed by atoms with Crippen LogP contribution < -0.4 is 5.73 Å². The summed E-state index contributed by atoms with van der Waals surface area (Å²) in [6, 6.07) is 8.73. The molecule has 1 fully saturated rings. The summed E-state index contributed by atoms with van der Waals surface area (Å²) < 4.78 is 13.2. The molecule has 1 aromatic heterocycles. The zero-order chi connectivity index (χ0) is 18.0. The van der Waals surface area contributed by atoms with E-state index in [-0.39, 0.29) is 11.9 Å². The summed E-state index contributed by atoms with van der Waals surface area (Å²) in [5.41, 5.74) is 8.88. The van der Waals surface area contributed by atoms with E-state index in [2.05, 4.69) is 11.9 Å². The molecular weight excluding hydrogens is 317 g/mol. The van der Waals surface area contributed by atoms with Crippen LogP contribution in [-0.2, 0) is 0 Å². The average molecular weight is 341 g/mol. The Balaban J connectivity index is 2.02. The number of carbonyl (C=O) groups excluding carboxylic acids is 1. The fourth-order valence-electron chi connectivity index (χ4n) is 3.61. The highest BCUT2D eigenvalue weighted by Crippen LogP contribution is 2.29. The fraction of sp³-hybridized carbons (Fsp3) is 0.400. The number of amides is 1. The van der Waals surface area contributed by atoms with Crippen LogP contribution in [0.15, 0.2) is 36.5 Å². The molecule has 0 bridgehead atoms. The minimum Gasteiger partial charge on any atom is -0.334 e. The highest BCUT2D eigenvalue weighted by atomic mass is 19.1. The number of piperidine rings is 1. The first-order valence-corrected chi connectivity index (χ1v) is 8.75. The molecule has 3 rings (SSSR count). The van der Waals surface area contributed by atoms with Crippen molar-refractivity contribution in [1.29, 1.82) is 0 Å². The van der Waals surface area contributed by atoms with Crippen LogP contribution >= 0.6 is 0 Å². The highest BCUT2D eigenvalue weighted by Gasteiger charge is 2.32. The summed E-state index contributed by atoms with van der Waals surface area (Å²) in [6.45, 7) is 5.28. The van der Waals surface area contributed by atoms with Crippen LogP contribution in [0.3, 0.4) is 0 Å². The Kier molecular flexibility index (Phi) is 5.13. The Morgan fingerprint density at radius 2 is 2.16 bits per heavy atom. The lowest BCUT2D eigenvalue weighted by atomic mass is 9.89. The third kappa shape index (κ3) is 3.56. The molecule has 2 N–H and O–H groups in total. The molecule has 2 heterocycles. The van der Waals surface area contributed by atoms with E-state index in [1.54, 1.807) is 6.07 Å². The van der Waals surface area contributed by atoms with Crippen LogP contribution in [0.1, 0.15) is 35.7 Å². The molecule has 2 aromatic rings. The van der Waals surface area contributed by atoms with Crippen molar-refractivity contribution in [3.63, 3.8) is 0 Å². The van der Waals surface area contributed by atoms with Crippen molar-refractivity contribution in [3.8, 4) is 11.3 Å². The quantitative estimate of drug-likeness (QED) is 0.931. The zero-order valence-corrected chi connectivity index (χ0v) is 14.7. The van der Waals surface area contributed by atoms with Crippen LogP contribution in [0.25, 0.3) is 11.3 Å². The summed E-state index contributed by atoms with van der Waals surface area (Å²) in [5, 5.41) is 0. The fourth-order valence-corrected chi connectivity index (χ4v) is 3.61. The van der Waals surface area contributed by atoms with Crippen LogP contribution in [0, 0.1) is 18.7 Å². The summed E-state index contributed by atoms with van der Waals surface area (Å²) in [5.74, 6) is -0.0245. The summed E-state index contributed by atoms with van der Waals surface area (Å²) >= 11 is 0. The molecule has 0 aliphatic carbocycles. The van der Waals surface area contributed by atoms with E-state index in [1.807, 2.05) is 30.0 Å². The van der Waals surface area contributed by atoms with E-state index < -0.39 is 5.82 Å². The Morgan fingerprint density at radius 1 is 1.36 bits per heavy atom. The molecule has 1 aliphatic rings. The number of hydrogen-bond acceptors (Lipinski definition) is 3. The number of aryl methyl sites for hydroxylation is 1. The number of benzene rings is 1. The van der Waals surface area contributed by atoms with E-state index >= 15 is 0 Å². The Hall–Kier alpha value is -2.27. The molecule has 5 heteroatoms. The zero-order valence-electron chi connectivity index (χ0n) is 14.7. The number of halogens is 1. The first-order valence-electron chi connectivity index (χ1n) is 8.75. The predicted octanol–water partition coefficient (Wildman–Crippen LogP) is 3.40. The van der Waals surface area contributed by atoms with Crippen LogP contribution in [0.4, 0.5) is 4.39 Å². The second kappa shape index (κ2) is 7.31. The normalized spacial score (nSPS) is 20.6. The van der Waals surface area contributed by atoms with Gasteiger partial charge in [0.05, 0.1) is 11.9 Å². The van der Waals surface area contributed by atoms with Gasteiger partial charge < -0.3 is 10.6 Å². The van der Waals surface area contributed by atoms with Gasteiger partial charge in [0.15, 0.2) is 0 Å². The molecule has 0 radical (unpaired) electrons. The minimum atomic E-state index is -0.392. The summed E-state index contributed by atoms with van der Waals surface area (Å²) in [7, 11) is 0. The first-order chi connectivity index (χ1) is 12.0. The maximum atomic E-state index is 13.3. The van der Waals surface area contributed by atoms with E-state index in [0.29, 0.717) is 23.7 Å². The molecule has 1 unspecified atom stereocenters. The molecule has 1 aromatic carbocycles. The summed E-state index contributed by atoms with van der Waals surface area (Å²) in [6.07, 6.45) is 3.25. The number of hydrogen-bond donors (Lipinski definition) is 1. The number of likely N-dealkylation sites (tertiary alicyclic amines) is 1. The van der Waals surface area contributed by atoms with Gasteiger partial charge in [0, 0.05) is 30.3 Å². The third-order valence-electron chi connectivity index (χ3n) is 5.03. The first kappa shape index (κ1) is 17.5. The molecule has 2 atom stereocenters. The lowest BCUT2D eigenvalue weighted by molar-refractivity contribution is 0.0533. The largest absolute Gasteiger partial charge is 0.334 e. The van der Waals surface area contributed by atoms with E-state index in [0.717, 1.165) is 30.5 Å². The van der Waals surface area contributed by atoms with Gasteiger partial charge in [0.25, 0.3) is 5.91 Å². The number of nitrogens with zero attached hydrogens (tertiary/aromatic N) is 2. The topological polar surface area (TPSA) is 59.2 Å². The van der Waals surface area contributed by atoms with Crippen molar-refractivity contribution in [2.45, 2.75) is 32.7 Å². The predicted molar refractivity (Wildman–Crippen MR) is 96.6 cm³/mol. The molecule has 1 aliphatic heterocycles. The van der Waals surface area contributed by atoms with Crippen molar-refractivity contribution >= 4 is 5.91 Å². The Bertz CT molecular complexity index is 760. The van der Waals surface area contributed by atoms with Gasteiger partial charge in [-0.2, -0.15) is 0 Å². The molecule has 0 spiro atoms. The van der Waals surface area contributed by atoms with Crippen LogP contribution in [0.5, 0.6) is 0 Å². The second-order valence-corrected chi connectivity index (χ2v) is 6.83. The van der Waals surface area contributed by atoms with Gasteiger partial charge in [-0.3, -0.25) is 9.78 Å². The SMILES string of the molecule is Cc1ccc(-c2ccc(F)cn2)c(C(=O)N2CCC[C@@H](C)C2CN)c1. The van der Waals surface area contributed by atoms with E-state index in [4.69, 9.17) is 5.73 Å². The van der Waals surface area contributed by atoms with E-state index in [1.165, 1.54) is 12.3 Å². The Labute approximate surface area is 147 Å². The second-order valence-electron chi connectivity index (χ2n) is 6.83. The molecule has 25 heavy (non-hydrogen) atoms. The standard InChI is InChI=1S/C20H24FN3O/c1-13-5-7-16(18-8-6-15(21)12-23-18)17(10-13)20(25)24-9-3-4-14(2)19(24)11-22/h5-8,10,12,14,19H,3-4,9,11,22H2,1-2H3/t14-,19?/m1/s1. The van der Waals surface area contributed by atoms with Gasteiger partial charge in [-0.05, 0) is 43.9 Å². The molecule has 4 nitrogen and oxygen atoms in total. The van der Waals surface area contributed by atoms with Gasteiger partial charge >= 0.3 is 0 Å². The van der Waals surface area contributed by atoms with Crippen molar-refractivity contribution < 1.29 is 9.18 Å². The molecular formula is C20H24FN3O. The lowest BCUT2D eigenvalue weighted by Crippen LogP contribution is -2.51. The van der Waals surface area contributed by atoms with Gasteiger partial charge in [0.2, 0.25) is 0 Å². The summed E-state index contributed by atoms with van der Waals surface area (Å²) in [4.78, 5) is 19.3. The maximum absolute atomic E-state index is 13.3. The van der Waals surface area contributed by atoms with Crippen molar-refractivity contribution in [2.75, 3.05) is 13.1 Å².